The summed E-state index contributed by atoms with van der Waals surface area (Å²) in [6, 6.07) is 0.939. The number of nitrogens with one attached hydrogen (secondary N) is 1. The lowest BCUT2D eigenvalue weighted by Crippen LogP contribution is -2.56. The highest BCUT2D eigenvalue weighted by Gasteiger charge is 2.28. The van der Waals surface area contributed by atoms with Gasteiger partial charge < -0.3 is 10.2 Å². The van der Waals surface area contributed by atoms with Gasteiger partial charge in [-0.3, -0.25) is 9.69 Å². The van der Waals surface area contributed by atoms with Gasteiger partial charge in [-0.15, -0.1) is 0 Å². The van der Waals surface area contributed by atoms with Crippen LogP contribution in [-0.2, 0) is 4.79 Å². The van der Waals surface area contributed by atoms with Crippen molar-refractivity contribution in [2.45, 2.75) is 38.8 Å². The molecule has 1 aliphatic rings. The number of hydrogen-bond acceptors (Lipinski definition) is 3. The summed E-state index contributed by atoms with van der Waals surface area (Å²) in [4.78, 5) is 16.3. The van der Waals surface area contributed by atoms with E-state index >= 15 is 0 Å². The van der Waals surface area contributed by atoms with Gasteiger partial charge in [0.1, 0.15) is 0 Å². The summed E-state index contributed by atoms with van der Waals surface area (Å²) in [5.41, 5.74) is 0. The average Bonchev–Trinajstić information content (AvgIpc) is 2.25. The van der Waals surface area contributed by atoms with Gasteiger partial charge in [0.05, 0.1) is 0 Å². The molecule has 2 atom stereocenters. The Hall–Kier alpha value is -0.610. The fourth-order valence-corrected chi connectivity index (χ4v) is 2.18. The Labute approximate surface area is 99.0 Å². The SMILES string of the molecule is CNCCCC(=O)N1CC(C)N(C)C(C)C1. The lowest BCUT2D eigenvalue weighted by atomic mass is 10.1. The molecule has 16 heavy (non-hydrogen) atoms. The quantitative estimate of drug-likeness (QED) is 0.712. The zero-order valence-corrected chi connectivity index (χ0v) is 11.0. The second-order valence-corrected chi connectivity index (χ2v) is 4.87. The molecule has 0 aliphatic carbocycles. The second-order valence-electron chi connectivity index (χ2n) is 4.87. The van der Waals surface area contributed by atoms with Crippen molar-refractivity contribution in [1.29, 1.82) is 0 Å². The third-order valence-electron chi connectivity index (χ3n) is 3.53. The maximum absolute atomic E-state index is 12.0. The summed E-state index contributed by atoms with van der Waals surface area (Å²) in [5.74, 6) is 0.307. The predicted octanol–water partition coefficient (Wildman–Crippen LogP) is 0.537. The van der Waals surface area contributed by atoms with Crippen LogP contribution in [0.5, 0.6) is 0 Å². The van der Waals surface area contributed by atoms with Gasteiger partial charge in [-0.1, -0.05) is 0 Å². The van der Waals surface area contributed by atoms with E-state index in [9.17, 15) is 4.79 Å². The van der Waals surface area contributed by atoms with E-state index < -0.39 is 0 Å². The van der Waals surface area contributed by atoms with E-state index in [0.717, 1.165) is 26.1 Å². The first kappa shape index (κ1) is 13.5. The number of likely N-dealkylation sites (N-methyl/N-ethyl adjacent to an activating group) is 1. The van der Waals surface area contributed by atoms with Gasteiger partial charge in [0.25, 0.3) is 0 Å². The molecule has 0 spiro atoms. The average molecular weight is 227 g/mol. The summed E-state index contributed by atoms with van der Waals surface area (Å²) in [6.45, 7) is 7.04. The molecule has 0 saturated carbocycles. The molecular formula is C12H25N3O. The molecule has 0 radical (unpaired) electrons. The van der Waals surface area contributed by atoms with Crippen molar-refractivity contribution >= 4 is 5.91 Å². The molecule has 4 nitrogen and oxygen atoms in total. The third-order valence-corrected chi connectivity index (χ3v) is 3.53. The molecule has 0 bridgehead atoms. The standard InChI is InChI=1S/C12H25N3O/c1-10-8-15(9-11(2)14(10)4)12(16)6-5-7-13-3/h10-11,13H,5-9H2,1-4H3. The summed E-state index contributed by atoms with van der Waals surface area (Å²) in [7, 11) is 4.06. The number of nitrogens with zero attached hydrogens (tertiary/aromatic N) is 2. The largest absolute Gasteiger partial charge is 0.340 e. The minimum absolute atomic E-state index is 0.307. The molecule has 1 N–H and O–H groups in total. The topological polar surface area (TPSA) is 35.6 Å². The molecule has 1 saturated heterocycles. The highest BCUT2D eigenvalue weighted by Crippen LogP contribution is 2.14. The molecule has 4 heteroatoms. The Balaban J connectivity index is 2.39. The van der Waals surface area contributed by atoms with Crippen molar-refractivity contribution in [3.63, 3.8) is 0 Å². The normalized spacial score (nSPS) is 27.1. The predicted molar refractivity (Wildman–Crippen MR) is 66.4 cm³/mol. The number of piperazine rings is 1. The van der Waals surface area contributed by atoms with Crippen molar-refractivity contribution in [2.24, 2.45) is 0 Å². The van der Waals surface area contributed by atoms with E-state index in [1.807, 2.05) is 11.9 Å². The zero-order valence-electron chi connectivity index (χ0n) is 11.0. The van der Waals surface area contributed by atoms with Crippen LogP contribution in [0.2, 0.25) is 0 Å². The molecule has 1 aliphatic heterocycles. The third kappa shape index (κ3) is 3.46. The number of hydrogen-bond donors (Lipinski definition) is 1. The Kier molecular flexibility index (Phi) is 5.22. The number of amides is 1. The zero-order chi connectivity index (χ0) is 12.1. The molecule has 1 fully saturated rings. The second kappa shape index (κ2) is 6.21. The molecule has 0 aromatic heterocycles. The maximum atomic E-state index is 12.0. The van der Waals surface area contributed by atoms with E-state index in [4.69, 9.17) is 0 Å². The van der Waals surface area contributed by atoms with E-state index in [-0.39, 0.29) is 0 Å². The van der Waals surface area contributed by atoms with Crippen LogP contribution >= 0.6 is 0 Å². The number of carbonyl (C=O) groups excluding carboxylic acids is 1. The molecule has 1 heterocycles. The molecule has 94 valence electrons. The van der Waals surface area contributed by atoms with E-state index in [1.165, 1.54) is 0 Å². The first-order valence-electron chi connectivity index (χ1n) is 6.20. The molecule has 0 aromatic rings. The van der Waals surface area contributed by atoms with Crippen LogP contribution in [-0.4, -0.2) is 61.5 Å². The minimum atomic E-state index is 0.307. The van der Waals surface area contributed by atoms with Crippen molar-refractivity contribution < 1.29 is 4.79 Å². The first-order valence-corrected chi connectivity index (χ1v) is 6.20. The summed E-state index contributed by atoms with van der Waals surface area (Å²) in [5, 5.41) is 3.07. The fourth-order valence-electron chi connectivity index (χ4n) is 2.18. The van der Waals surface area contributed by atoms with Gasteiger partial charge in [-0.25, -0.2) is 0 Å². The molecule has 0 aromatic carbocycles. The number of rotatable bonds is 4. The van der Waals surface area contributed by atoms with Crippen LogP contribution in [0.1, 0.15) is 26.7 Å². The Morgan fingerprint density at radius 1 is 1.31 bits per heavy atom. The van der Waals surface area contributed by atoms with Gasteiger partial charge in [-0.05, 0) is 40.9 Å². The Morgan fingerprint density at radius 2 is 1.88 bits per heavy atom. The summed E-state index contributed by atoms with van der Waals surface area (Å²) >= 11 is 0. The highest BCUT2D eigenvalue weighted by molar-refractivity contribution is 5.76. The van der Waals surface area contributed by atoms with Gasteiger partial charge in [0.15, 0.2) is 0 Å². The van der Waals surface area contributed by atoms with Crippen LogP contribution in [0.15, 0.2) is 0 Å². The van der Waals surface area contributed by atoms with Crippen molar-refractivity contribution in [2.75, 3.05) is 33.7 Å². The molecular weight excluding hydrogens is 202 g/mol. The van der Waals surface area contributed by atoms with Crippen molar-refractivity contribution in [1.82, 2.24) is 15.1 Å². The minimum Gasteiger partial charge on any atom is -0.340 e. The van der Waals surface area contributed by atoms with Crippen molar-refractivity contribution in [3.05, 3.63) is 0 Å². The lowest BCUT2D eigenvalue weighted by molar-refractivity contribution is -0.135. The maximum Gasteiger partial charge on any atom is 0.222 e. The van der Waals surface area contributed by atoms with Crippen LogP contribution < -0.4 is 5.32 Å². The lowest BCUT2D eigenvalue weighted by Gasteiger charge is -2.42. The monoisotopic (exact) mass is 227 g/mol. The van der Waals surface area contributed by atoms with Crippen LogP contribution in [0.25, 0.3) is 0 Å². The molecule has 1 amide bonds. The smallest absolute Gasteiger partial charge is 0.222 e. The van der Waals surface area contributed by atoms with Gasteiger partial charge in [0, 0.05) is 31.6 Å². The van der Waals surface area contributed by atoms with Gasteiger partial charge in [0.2, 0.25) is 5.91 Å². The highest BCUT2D eigenvalue weighted by atomic mass is 16.2. The molecule has 2 unspecified atom stereocenters. The van der Waals surface area contributed by atoms with E-state index in [1.54, 1.807) is 0 Å². The first-order chi connectivity index (χ1) is 7.56. The van der Waals surface area contributed by atoms with E-state index in [2.05, 4.69) is 31.1 Å². The van der Waals surface area contributed by atoms with Crippen LogP contribution in [0.4, 0.5) is 0 Å². The Morgan fingerprint density at radius 3 is 2.38 bits per heavy atom. The van der Waals surface area contributed by atoms with E-state index in [0.29, 0.717) is 24.4 Å². The van der Waals surface area contributed by atoms with Crippen molar-refractivity contribution in [3.8, 4) is 0 Å². The molecule has 1 rings (SSSR count). The van der Waals surface area contributed by atoms with Crippen LogP contribution in [0, 0.1) is 0 Å². The van der Waals surface area contributed by atoms with Gasteiger partial charge in [-0.2, -0.15) is 0 Å². The van der Waals surface area contributed by atoms with Gasteiger partial charge >= 0.3 is 0 Å². The number of carbonyl (C=O) groups is 1. The summed E-state index contributed by atoms with van der Waals surface area (Å²) < 4.78 is 0. The summed E-state index contributed by atoms with van der Waals surface area (Å²) in [6.07, 6.45) is 1.61. The fraction of sp³-hybridized carbons (Fsp3) is 0.917. The Bertz CT molecular complexity index is 220. The van der Waals surface area contributed by atoms with Crippen LogP contribution in [0.3, 0.4) is 0 Å².